The Hall–Kier alpha value is -2.90. The normalized spacial score (nSPS) is 11.2. The summed E-state index contributed by atoms with van der Waals surface area (Å²) in [4.78, 5) is 29.7. The largest absolute Gasteiger partial charge is 0.462 e. The maximum Gasteiger partial charge on any atom is 0.416 e. The first-order valence-corrected chi connectivity index (χ1v) is 8.19. The van der Waals surface area contributed by atoms with E-state index in [0.717, 1.165) is 12.1 Å². The fourth-order valence-corrected chi connectivity index (χ4v) is 2.49. The number of rotatable bonds is 5. The molecule has 0 aliphatic rings. The highest BCUT2D eigenvalue weighted by molar-refractivity contribution is 5.94. The number of halogens is 3. The van der Waals surface area contributed by atoms with Crippen LogP contribution < -0.4 is 0 Å². The van der Waals surface area contributed by atoms with Crippen molar-refractivity contribution in [3.63, 3.8) is 0 Å². The lowest BCUT2D eigenvalue weighted by atomic mass is 10.1. The van der Waals surface area contributed by atoms with Gasteiger partial charge >= 0.3 is 12.1 Å². The van der Waals surface area contributed by atoms with Gasteiger partial charge < -0.3 is 9.64 Å². The molecule has 1 aromatic heterocycles. The number of aromatic nitrogens is 1. The van der Waals surface area contributed by atoms with Gasteiger partial charge in [0.1, 0.15) is 5.69 Å². The molecule has 0 fully saturated rings. The van der Waals surface area contributed by atoms with E-state index in [2.05, 4.69) is 4.98 Å². The van der Waals surface area contributed by atoms with Crippen LogP contribution in [-0.2, 0) is 17.5 Å². The highest BCUT2D eigenvalue weighted by Gasteiger charge is 2.30. The van der Waals surface area contributed by atoms with Crippen LogP contribution in [-0.4, -0.2) is 35.4 Å². The minimum Gasteiger partial charge on any atom is -0.462 e. The molecule has 8 heteroatoms. The van der Waals surface area contributed by atoms with Crippen LogP contribution >= 0.6 is 0 Å². The van der Waals surface area contributed by atoms with Crippen LogP contribution in [0.15, 0.2) is 36.4 Å². The quantitative estimate of drug-likeness (QED) is 0.739. The van der Waals surface area contributed by atoms with Crippen LogP contribution in [0.3, 0.4) is 0 Å². The number of alkyl halides is 3. The Balaban J connectivity index is 2.16. The molecule has 5 nitrogen and oxygen atoms in total. The number of aryl methyl sites for hydroxylation is 1. The summed E-state index contributed by atoms with van der Waals surface area (Å²) in [5, 5.41) is 0. The van der Waals surface area contributed by atoms with Crippen molar-refractivity contribution in [2.24, 2.45) is 0 Å². The van der Waals surface area contributed by atoms with Gasteiger partial charge in [0.25, 0.3) is 5.91 Å². The van der Waals surface area contributed by atoms with Crippen LogP contribution in [0.5, 0.6) is 0 Å². The average Bonchev–Trinajstić information content (AvgIpc) is 2.60. The van der Waals surface area contributed by atoms with E-state index < -0.39 is 23.6 Å². The Labute approximate surface area is 154 Å². The van der Waals surface area contributed by atoms with Gasteiger partial charge in [-0.2, -0.15) is 13.2 Å². The van der Waals surface area contributed by atoms with Gasteiger partial charge in [-0.15, -0.1) is 0 Å². The van der Waals surface area contributed by atoms with Gasteiger partial charge in [0.15, 0.2) is 0 Å². The van der Waals surface area contributed by atoms with Gasteiger partial charge in [0.05, 0.1) is 23.4 Å². The fourth-order valence-electron chi connectivity index (χ4n) is 2.49. The lowest BCUT2D eigenvalue weighted by Crippen LogP contribution is -2.27. The van der Waals surface area contributed by atoms with E-state index in [0.29, 0.717) is 11.3 Å². The molecule has 0 spiro atoms. The summed E-state index contributed by atoms with van der Waals surface area (Å²) < 4.78 is 43.3. The predicted octanol–water partition coefficient (Wildman–Crippen LogP) is 3.86. The summed E-state index contributed by atoms with van der Waals surface area (Å²) in [6, 6.07) is 7.64. The number of pyridine rings is 1. The van der Waals surface area contributed by atoms with Crippen molar-refractivity contribution in [2.75, 3.05) is 13.7 Å². The van der Waals surface area contributed by atoms with Gasteiger partial charge in [-0.05, 0) is 43.7 Å². The van der Waals surface area contributed by atoms with E-state index in [-0.39, 0.29) is 24.4 Å². The molecular weight excluding hydrogens is 361 g/mol. The average molecular weight is 380 g/mol. The van der Waals surface area contributed by atoms with Crippen molar-refractivity contribution in [1.29, 1.82) is 0 Å². The van der Waals surface area contributed by atoms with Crippen LogP contribution in [0.2, 0.25) is 0 Å². The topological polar surface area (TPSA) is 59.5 Å². The van der Waals surface area contributed by atoms with Crippen LogP contribution in [0.25, 0.3) is 0 Å². The van der Waals surface area contributed by atoms with Gasteiger partial charge in [0.2, 0.25) is 0 Å². The van der Waals surface area contributed by atoms with Crippen LogP contribution in [0, 0.1) is 6.92 Å². The molecule has 0 saturated heterocycles. The number of benzene rings is 1. The predicted molar refractivity (Wildman–Crippen MR) is 92.2 cm³/mol. The van der Waals surface area contributed by atoms with E-state index >= 15 is 0 Å². The van der Waals surface area contributed by atoms with E-state index in [1.165, 1.54) is 36.2 Å². The number of ether oxygens (including phenoxy) is 1. The Kier molecular flexibility index (Phi) is 6.20. The number of hydrogen-bond acceptors (Lipinski definition) is 4. The molecule has 1 amide bonds. The van der Waals surface area contributed by atoms with Crippen molar-refractivity contribution < 1.29 is 27.5 Å². The summed E-state index contributed by atoms with van der Waals surface area (Å²) in [6.07, 6.45) is -4.44. The molecule has 0 radical (unpaired) electrons. The number of carbonyl (C=O) groups is 2. The molecule has 0 N–H and O–H groups in total. The summed E-state index contributed by atoms with van der Waals surface area (Å²) in [7, 11) is 1.47. The molecule has 2 rings (SSSR count). The van der Waals surface area contributed by atoms with Gasteiger partial charge in [-0.3, -0.25) is 4.79 Å². The minimum atomic E-state index is -4.44. The number of esters is 1. The van der Waals surface area contributed by atoms with Crippen molar-refractivity contribution in [3.05, 3.63) is 64.5 Å². The molecule has 1 aromatic carbocycles. The van der Waals surface area contributed by atoms with E-state index in [9.17, 15) is 22.8 Å². The lowest BCUT2D eigenvalue weighted by molar-refractivity contribution is -0.137. The molecule has 27 heavy (non-hydrogen) atoms. The molecule has 0 aliphatic carbocycles. The smallest absolute Gasteiger partial charge is 0.416 e. The third kappa shape index (κ3) is 5.06. The Morgan fingerprint density at radius 1 is 1.19 bits per heavy atom. The summed E-state index contributed by atoms with van der Waals surface area (Å²) in [6.45, 7) is 3.47. The molecule has 1 heterocycles. The molecule has 0 atom stereocenters. The maximum absolute atomic E-state index is 12.8. The van der Waals surface area contributed by atoms with Gasteiger partial charge in [0, 0.05) is 13.6 Å². The summed E-state index contributed by atoms with van der Waals surface area (Å²) in [5.41, 5.74) is 0.268. The number of amides is 1. The monoisotopic (exact) mass is 380 g/mol. The Morgan fingerprint density at radius 3 is 2.48 bits per heavy atom. The molecule has 0 saturated carbocycles. The first-order chi connectivity index (χ1) is 12.6. The standard InChI is InChI=1S/C19H19F3N2O3/c1-4-27-18(26)15-8-9-16(23-12(15)2)17(25)24(3)11-13-6-5-7-14(10-13)19(20,21)22/h5-10H,4,11H2,1-3H3. The zero-order valence-electron chi connectivity index (χ0n) is 15.1. The zero-order chi connectivity index (χ0) is 20.2. The lowest BCUT2D eigenvalue weighted by Gasteiger charge is -2.18. The molecule has 0 bridgehead atoms. The van der Waals surface area contributed by atoms with Crippen molar-refractivity contribution in [3.8, 4) is 0 Å². The molecule has 2 aromatic rings. The first kappa shape index (κ1) is 20.4. The first-order valence-electron chi connectivity index (χ1n) is 8.19. The molecule has 0 aliphatic heterocycles. The summed E-state index contributed by atoms with van der Waals surface area (Å²) >= 11 is 0. The summed E-state index contributed by atoms with van der Waals surface area (Å²) in [5.74, 6) is -0.996. The van der Waals surface area contributed by atoms with Gasteiger partial charge in [-0.25, -0.2) is 9.78 Å². The minimum absolute atomic E-state index is 0.0108. The van der Waals surface area contributed by atoms with Crippen LogP contribution in [0.4, 0.5) is 13.2 Å². The van der Waals surface area contributed by atoms with Gasteiger partial charge in [-0.1, -0.05) is 12.1 Å². The number of carbonyl (C=O) groups excluding carboxylic acids is 2. The van der Waals surface area contributed by atoms with E-state index in [1.54, 1.807) is 13.8 Å². The SMILES string of the molecule is CCOC(=O)c1ccc(C(=O)N(C)Cc2cccc(C(F)(F)F)c2)nc1C. The second-order valence-electron chi connectivity index (χ2n) is 5.91. The second-order valence-corrected chi connectivity index (χ2v) is 5.91. The highest BCUT2D eigenvalue weighted by Crippen LogP contribution is 2.29. The van der Waals surface area contributed by atoms with Crippen molar-refractivity contribution in [1.82, 2.24) is 9.88 Å². The van der Waals surface area contributed by atoms with Crippen molar-refractivity contribution in [2.45, 2.75) is 26.6 Å². The van der Waals surface area contributed by atoms with Crippen LogP contribution in [0.1, 0.15) is 44.6 Å². The fraction of sp³-hybridized carbons (Fsp3) is 0.316. The molecule has 0 unspecified atom stereocenters. The molecule has 144 valence electrons. The van der Waals surface area contributed by atoms with Crippen molar-refractivity contribution >= 4 is 11.9 Å². The molecular formula is C19H19F3N2O3. The third-order valence-electron chi connectivity index (χ3n) is 3.82. The zero-order valence-corrected chi connectivity index (χ0v) is 15.1. The number of hydrogen-bond donors (Lipinski definition) is 0. The number of nitrogens with zero attached hydrogens (tertiary/aromatic N) is 2. The van der Waals surface area contributed by atoms with E-state index in [1.807, 2.05) is 0 Å². The Morgan fingerprint density at radius 2 is 1.89 bits per heavy atom. The second kappa shape index (κ2) is 8.20. The maximum atomic E-state index is 12.8. The highest BCUT2D eigenvalue weighted by atomic mass is 19.4. The third-order valence-corrected chi connectivity index (χ3v) is 3.82. The Bertz CT molecular complexity index is 850. The van der Waals surface area contributed by atoms with E-state index in [4.69, 9.17) is 4.74 Å².